The number of carbonyl (C=O) groups excluding carboxylic acids is 3. The van der Waals surface area contributed by atoms with E-state index in [2.05, 4.69) is 20.8 Å². The second kappa shape index (κ2) is 44.9. The Kier molecular flexibility index (Phi) is 43.6. The van der Waals surface area contributed by atoms with Crippen LogP contribution in [0, 0.1) is 0 Å². The van der Waals surface area contributed by atoms with Crippen LogP contribution in [0.3, 0.4) is 0 Å². The van der Waals surface area contributed by atoms with Crippen LogP contribution < -0.4 is 0 Å². The molecule has 7 heteroatoms. The number of ether oxygens (including phenoxy) is 3. The summed E-state index contributed by atoms with van der Waals surface area (Å²) in [5.74, 6) is -2.32. The molecule has 7 nitrogen and oxygen atoms in total. The van der Waals surface area contributed by atoms with Gasteiger partial charge in [0.1, 0.15) is 0 Å². The zero-order chi connectivity index (χ0) is 42.5. The zero-order valence-electron chi connectivity index (χ0n) is 39.0. The highest BCUT2D eigenvalue weighted by Gasteiger charge is 2.43. The molecule has 344 valence electrons. The lowest BCUT2D eigenvalue weighted by molar-refractivity contribution is -0.178. The first-order valence-electron chi connectivity index (χ1n) is 25.6. The third-order valence-electron chi connectivity index (χ3n) is 11.8. The lowest BCUT2D eigenvalue weighted by atomic mass is 9.95. The molecular weight excluding hydrogens is 725 g/mol. The van der Waals surface area contributed by atoms with Gasteiger partial charge in [-0.1, -0.05) is 252 Å². The second-order valence-electron chi connectivity index (χ2n) is 17.7. The van der Waals surface area contributed by atoms with Gasteiger partial charge in [0, 0.05) is 0 Å². The van der Waals surface area contributed by atoms with E-state index in [-0.39, 0.29) is 19.8 Å². The number of aliphatic hydroxyl groups is 1. The summed E-state index contributed by atoms with van der Waals surface area (Å²) in [6, 6.07) is 0. The van der Waals surface area contributed by atoms with Crippen LogP contribution >= 0.6 is 0 Å². The van der Waals surface area contributed by atoms with E-state index in [9.17, 15) is 19.5 Å². The van der Waals surface area contributed by atoms with Crippen LogP contribution in [0.4, 0.5) is 0 Å². The van der Waals surface area contributed by atoms with Gasteiger partial charge in [0.25, 0.3) is 0 Å². The van der Waals surface area contributed by atoms with Gasteiger partial charge >= 0.3 is 17.9 Å². The van der Waals surface area contributed by atoms with Gasteiger partial charge < -0.3 is 19.3 Å². The van der Waals surface area contributed by atoms with Gasteiger partial charge in [-0.25, -0.2) is 4.79 Å². The summed E-state index contributed by atoms with van der Waals surface area (Å²) in [5.41, 5.74) is -2.29. The fourth-order valence-electron chi connectivity index (χ4n) is 7.82. The predicted octanol–water partition coefficient (Wildman–Crippen LogP) is 15.4. The summed E-state index contributed by atoms with van der Waals surface area (Å²) in [6.07, 6.45) is 46.5. The van der Waals surface area contributed by atoms with Crippen LogP contribution in [0.1, 0.15) is 284 Å². The fourth-order valence-corrected chi connectivity index (χ4v) is 7.82. The van der Waals surface area contributed by atoms with E-state index < -0.39 is 36.4 Å². The maximum Gasteiger partial charge on any atom is 0.339 e. The van der Waals surface area contributed by atoms with Crippen LogP contribution in [0.5, 0.6) is 0 Å². The Hall–Kier alpha value is -1.63. The van der Waals surface area contributed by atoms with Gasteiger partial charge in [0.15, 0.2) is 5.60 Å². The van der Waals surface area contributed by atoms with Crippen molar-refractivity contribution in [1.82, 2.24) is 0 Å². The fraction of sp³-hybridized carbons (Fsp3) is 0.941. The quantitative estimate of drug-likeness (QED) is 0.0371. The van der Waals surface area contributed by atoms with Gasteiger partial charge in [-0.3, -0.25) is 9.59 Å². The average molecular weight is 823 g/mol. The zero-order valence-corrected chi connectivity index (χ0v) is 39.0. The molecule has 1 N–H and O–H groups in total. The molecule has 0 spiro atoms. The van der Waals surface area contributed by atoms with E-state index in [1.165, 1.54) is 193 Å². The molecule has 0 aliphatic rings. The molecule has 0 atom stereocenters. The number of carbonyl (C=O) groups is 3. The van der Waals surface area contributed by atoms with Gasteiger partial charge in [-0.15, -0.1) is 0 Å². The molecule has 0 aliphatic heterocycles. The van der Waals surface area contributed by atoms with Gasteiger partial charge in [-0.05, 0) is 19.3 Å². The molecule has 58 heavy (non-hydrogen) atoms. The van der Waals surface area contributed by atoms with Crippen LogP contribution in [-0.4, -0.2) is 48.4 Å². The first-order valence-corrected chi connectivity index (χ1v) is 25.6. The summed E-state index contributed by atoms with van der Waals surface area (Å²) in [4.78, 5) is 38.8. The maximum absolute atomic E-state index is 13.2. The Bertz CT molecular complexity index is 844. The third-order valence-corrected chi connectivity index (χ3v) is 11.8. The monoisotopic (exact) mass is 823 g/mol. The summed E-state index contributed by atoms with van der Waals surface area (Å²) in [7, 11) is 0. The Morgan fingerprint density at radius 2 is 0.500 bits per heavy atom. The molecule has 0 aromatic rings. The summed E-state index contributed by atoms with van der Waals surface area (Å²) in [5, 5.41) is 11.4. The molecule has 0 saturated heterocycles. The van der Waals surface area contributed by atoms with E-state index >= 15 is 0 Å². The topological polar surface area (TPSA) is 99.1 Å². The summed E-state index contributed by atoms with van der Waals surface area (Å²) >= 11 is 0. The number of rotatable bonds is 47. The molecule has 0 aromatic carbocycles. The Labute approximate surface area is 360 Å². The van der Waals surface area contributed by atoms with Gasteiger partial charge in [0.05, 0.1) is 32.7 Å². The first-order chi connectivity index (χ1) is 28.4. The number of unbranched alkanes of at least 4 members (excludes halogenated alkanes) is 36. The van der Waals surface area contributed by atoms with Crippen molar-refractivity contribution in [2.75, 3.05) is 19.8 Å². The molecule has 0 amide bonds. The van der Waals surface area contributed by atoms with Crippen LogP contribution in [0.15, 0.2) is 0 Å². The summed E-state index contributed by atoms with van der Waals surface area (Å²) < 4.78 is 16.3. The molecule has 0 aliphatic carbocycles. The highest BCUT2D eigenvalue weighted by atomic mass is 16.6. The molecular formula is C51H98O7. The van der Waals surface area contributed by atoms with Crippen molar-refractivity contribution in [3.8, 4) is 0 Å². The summed E-state index contributed by atoms with van der Waals surface area (Å²) in [6.45, 7) is 7.40. The van der Waals surface area contributed by atoms with E-state index in [1.54, 1.807) is 0 Å². The highest BCUT2D eigenvalue weighted by molar-refractivity contribution is 5.90. The van der Waals surface area contributed by atoms with Gasteiger partial charge in [0.2, 0.25) is 0 Å². The molecule has 0 fully saturated rings. The molecule has 0 bridgehead atoms. The predicted molar refractivity (Wildman–Crippen MR) is 244 cm³/mol. The molecule has 0 radical (unpaired) electrons. The normalized spacial score (nSPS) is 11.6. The van der Waals surface area contributed by atoms with E-state index in [4.69, 9.17) is 14.2 Å². The maximum atomic E-state index is 13.2. The minimum atomic E-state index is -2.29. The number of hydrogen-bond donors (Lipinski definition) is 1. The molecule has 0 heterocycles. The van der Waals surface area contributed by atoms with Gasteiger partial charge in [-0.2, -0.15) is 0 Å². The minimum Gasteiger partial charge on any atom is -0.466 e. The van der Waals surface area contributed by atoms with Crippen LogP contribution in [0.2, 0.25) is 0 Å². The SMILES string of the molecule is CCCCCCCCCCCCCCCOC(=O)CC(O)(CC(=O)OCCCCCCCCCCCCCCC)C(=O)OCCCCCCCCCCCCCCC. The van der Waals surface area contributed by atoms with Crippen molar-refractivity contribution in [1.29, 1.82) is 0 Å². The Balaban J connectivity index is 4.47. The Morgan fingerprint density at radius 3 is 0.724 bits per heavy atom. The molecule has 0 aromatic heterocycles. The number of esters is 3. The van der Waals surface area contributed by atoms with Crippen LogP contribution in [-0.2, 0) is 28.6 Å². The van der Waals surface area contributed by atoms with E-state index in [0.717, 1.165) is 51.4 Å². The average Bonchev–Trinajstić information content (AvgIpc) is 3.21. The third kappa shape index (κ3) is 39.8. The highest BCUT2D eigenvalue weighted by Crippen LogP contribution is 2.22. The molecule has 0 saturated carbocycles. The van der Waals surface area contributed by atoms with Crippen molar-refractivity contribution in [2.24, 2.45) is 0 Å². The first kappa shape index (κ1) is 56.4. The van der Waals surface area contributed by atoms with E-state index in [0.29, 0.717) is 6.42 Å². The molecule has 0 rings (SSSR count). The standard InChI is InChI=1S/C51H98O7/c1-4-7-10-13-16-19-22-25-28-31-34-37-40-43-56-48(52)46-51(55,50(54)58-45-42-39-36-33-30-27-24-21-18-15-12-9-6-3)47-49(53)57-44-41-38-35-32-29-26-23-20-17-14-11-8-5-2/h55H,4-47H2,1-3H3. The lowest BCUT2D eigenvalue weighted by Crippen LogP contribution is -2.45. The second-order valence-corrected chi connectivity index (χ2v) is 17.7. The van der Waals surface area contributed by atoms with Crippen molar-refractivity contribution in [3.05, 3.63) is 0 Å². The molecule has 0 unspecified atom stereocenters. The van der Waals surface area contributed by atoms with Crippen molar-refractivity contribution < 1.29 is 33.7 Å². The van der Waals surface area contributed by atoms with Crippen LogP contribution in [0.25, 0.3) is 0 Å². The largest absolute Gasteiger partial charge is 0.466 e. The Morgan fingerprint density at radius 1 is 0.310 bits per heavy atom. The smallest absolute Gasteiger partial charge is 0.339 e. The minimum absolute atomic E-state index is 0.154. The van der Waals surface area contributed by atoms with Crippen molar-refractivity contribution >= 4 is 17.9 Å². The van der Waals surface area contributed by atoms with E-state index in [1.807, 2.05) is 0 Å². The van der Waals surface area contributed by atoms with Crippen molar-refractivity contribution in [2.45, 2.75) is 290 Å². The lowest BCUT2D eigenvalue weighted by Gasteiger charge is -2.24. The van der Waals surface area contributed by atoms with Crippen molar-refractivity contribution in [3.63, 3.8) is 0 Å². The number of hydrogen-bond acceptors (Lipinski definition) is 7.